The molecule has 0 fully saturated rings. The van der Waals surface area contributed by atoms with Crippen LogP contribution in [0.5, 0.6) is 0 Å². The molecule has 0 aliphatic heterocycles. The zero-order chi connectivity index (χ0) is 10.0. The summed E-state index contributed by atoms with van der Waals surface area (Å²) in [5.41, 5.74) is 1.10. The van der Waals surface area contributed by atoms with E-state index in [1.165, 1.54) is 0 Å². The van der Waals surface area contributed by atoms with E-state index in [1.807, 2.05) is 6.07 Å². The van der Waals surface area contributed by atoms with Gasteiger partial charge in [-0.15, -0.1) is 0 Å². The topological polar surface area (TPSA) is 56.9 Å². The molecule has 0 aliphatic rings. The van der Waals surface area contributed by atoms with Crippen LogP contribution in [0.2, 0.25) is 10.2 Å². The highest BCUT2D eigenvalue weighted by Gasteiger charge is 2.13. The molecule has 5 heteroatoms. The van der Waals surface area contributed by atoms with Crippen LogP contribution < -0.4 is 0 Å². The molecule has 13 heavy (non-hydrogen) atoms. The van der Waals surface area contributed by atoms with Gasteiger partial charge in [-0.25, -0.2) is 4.98 Å². The molecule has 0 unspecified atom stereocenters. The largest absolute Gasteiger partial charge is 0.390 e. The fourth-order valence-corrected chi connectivity index (χ4v) is 1.42. The van der Waals surface area contributed by atoms with Crippen LogP contribution in [0.15, 0.2) is 0 Å². The lowest BCUT2D eigenvalue weighted by Crippen LogP contribution is -1.97. The van der Waals surface area contributed by atoms with Crippen LogP contribution in [0.1, 0.15) is 16.8 Å². The van der Waals surface area contributed by atoms with Gasteiger partial charge in [-0.05, 0) is 12.5 Å². The van der Waals surface area contributed by atoms with E-state index in [2.05, 4.69) is 4.98 Å². The van der Waals surface area contributed by atoms with Gasteiger partial charge in [-0.1, -0.05) is 23.2 Å². The second kappa shape index (κ2) is 3.93. The van der Waals surface area contributed by atoms with Crippen molar-refractivity contribution in [2.24, 2.45) is 0 Å². The van der Waals surface area contributed by atoms with Gasteiger partial charge < -0.3 is 5.11 Å². The lowest BCUT2D eigenvalue weighted by Gasteiger charge is -2.06. The Morgan fingerprint density at radius 3 is 2.62 bits per heavy atom. The number of halogens is 2. The van der Waals surface area contributed by atoms with Gasteiger partial charge in [0.1, 0.15) is 11.2 Å². The van der Waals surface area contributed by atoms with Crippen molar-refractivity contribution in [3.63, 3.8) is 0 Å². The van der Waals surface area contributed by atoms with Crippen LogP contribution in [-0.2, 0) is 6.61 Å². The van der Waals surface area contributed by atoms with Crippen LogP contribution >= 0.6 is 23.2 Å². The fourth-order valence-electron chi connectivity index (χ4n) is 0.939. The zero-order valence-electron chi connectivity index (χ0n) is 6.80. The van der Waals surface area contributed by atoms with Crippen molar-refractivity contribution >= 4 is 23.2 Å². The first-order valence-corrected chi connectivity index (χ1v) is 4.22. The van der Waals surface area contributed by atoms with Crippen LogP contribution in [0.3, 0.4) is 0 Å². The van der Waals surface area contributed by atoms with Gasteiger partial charge in [0.05, 0.1) is 22.9 Å². The number of pyridine rings is 1. The van der Waals surface area contributed by atoms with Gasteiger partial charge in [0.25, 0.3) is 0 Å². The third kappa shape index (κ3) is 1.75. The van der Waals surface area contributed by atoms with E-state index < -0.39 is 0 Å². The Labute approximate surface area is 85.5 Å². The number of hydrogen-bond acceptors (Lipinski definition) is 3. The van der Waals surface area contributed by atoms with Gasteiger partial charge in [0.2, 0.25) is 0 Å². The Kier molecular flexibility index (Phi) is 3.10. The zero-order valence-corrected chi connectivity index (χ0v) is 8.32. The van der Waals surface area contributed by atoms with Gasteiger partial charge in [-0.3, -0.25) is 0 Å². The summed E-state index contributed by atoms with van der Waals surface area (Å²) in [5.74, 6) is 0. The van der Waals surface area contributed by atoms with Crippen molar-refractivity contribution in [3.8, 4) is 6.07 Å². The number of aliphatic hydroxyl groups is 1. The maximum Gasteiger partial charge on any atom is 0.147 e. The molecule has 0 atom stereocenters. The molecule has 0 bridgehead atoms. The summed E-state index contributed by atoms with van der Waals surface area (Å²) in [6.07, 6.45) is 0. The summed E-state index contributed by atoms with van der Waals surface area (Å²) in [4.78, 5) is 3.78. The molecule has 1 heterocycles. The number of aliphatic hydroxyl groups excluding tert-OH is 1. The van der Waals surface area contributed by atoms with Gasteiger partial charge in [0.15, 0.2) is 0 Å². The maximum atomic E-state index is 8.84. The average Bonchev–Trinajstić information content (AvgIpc) is 2.12. The predicted octanol–water partition coefficient (Wildman–Crippen LogP) is 2.06. The third-order valence-electron chi connectivity index (χ3n) is 1.66. The van der Waals surface area contributed by atoms with Crippen molar-refractivity contribution in [3.05, 3.63) is 27.0 Å². The number of nitrogens with zero attached hydrogens (tertiary/aromatic N) is 2. The first kappa shape index (κ1) is 10.3. The van der Waals surface area contributed by atoms with Crippen molar-refractivity contribution < 1.29 is 5.11 Å². The SMILES string of the molecule is Cc1c(Cl)c(CO)nc(Cl)c1C#N. The molecular formula is C8H6Cl2N2O. The van der Waals surface area contributed by atoms with Crippen LogP contribution in [0.25, 0.3) is 0 Å². The minimum Gasteiger partial charge on any atom is -0.390 e. The number of aromatic nitrogens is 1. The molecule has 0 saturated heterocycles. The normalized spacial score (nSPS) is 9.77. The summed E-state index contributed by atoms with van der Waals surface area (Å²) in [7, 11) is 0. The number of nitriles is 1. The van der Waals surface area contributed by atoms with E-state index in [1.54, 1.807) is 6.92 Å². The molecule has 1 N–H and O–H groups in total. The smallest absolute Gasteiger partial charge is 0.147 e. The van der Waals surface area contributed by atoms with Crippen molar-refractivity contribution in [2.75, 3.05) is 0 Å². The van der Waals surface area contributed by atoms with E-state index >= 15 is 0 Å². The third-order valence-corrected chi connectivity index (χ3v) is 2.43. The van der Waals surface area contributed by atoms with Crippen molar-refractivity contribution in [1.29, 1.82) is 5.26 Å². The molecule has 3 nitrogen and oxygen atoms in total. The molecule has 0 spiro atoms. The van der Waals surface area contributed by atoms with Crippen LogP contribution in [0, 0.1) is 18.3 Å². The summed E-state index contributed by atoms with van der Waals surface area (Å²) in [6.45, 7) is 1.37. The summed E-state index contributed by atoms with van der Waals surface area (Å²) < 4.78 is 0. The molecular weight excluding hydrogens is 211 g/mol. The lowest BCUT2D eigenvalue weighted by molar-refractivity contribution is 0.277. The highest BCUT2D eigenvalue weighted by Crippen LogP contribution is 2.26. The Balaban J connectivity index is 3.48. The highest BCUT2D eigenvalue weighted by molar-refractivity contribution is 6.34. The van der Waals surface area contributed by atoms with Crippen molar-refractivity contribution in [2.45, 2.75) is 13.5 Å². The van der Waals surface area contributed by atoms with Gasteiger partial charge >= 0.3 is 0 Å². The molecule has 1 rings (SSSR count). The Hall–Kier alpha value is -0.820. The molecule has 68 valence electrons. The minimum atomic E-state index is -0.287. The second-order valence-corrected chi connectivity index (χ2v) is 3.17. The summed E-state index contributed by atoms with van der Waals surface area (Å²) >= 11 is 11.5. The Morgan fingerprint density at radius 1 is 1.54 bits per heavy atom. The monoisotopic (exact) mass is 216 g/mol. The average molecular weight is 217 g/mol. The molecule has 1 aromatic heterocycles. The van der Waals surface area contributed by atoms with E-state index in [9.17, 15) is 0 Å². The Morgan fingerprint density at radius 2 is 2.15 bits per heavy atom. The summed E-state index contributed by atoms with van der Waals surface area (Å²) in [6, 6.07) is 1.90. The van der Waals surface area contributed by atoms with Crippen molar-refractivity contribution in [1.82, 2.24) is 4.98 Å². The van der Waals surface area contributed by atoms with Gasteiger partial charge in [-0.2, -0.15) is 5.26 Å². The van der Waals surface area contributed by atoms with E-state index in [-0.39, 0.29) is 17.3 Å². The first-order valence-electron chi connectivity index (χ1n) is 3.47. The van der Waals surface area contributed by atoms with E-state index in [0.717, 1.165) is 0 Å². The Bertz CT molecular complexity index is 384. The number of rotatable bonds is 1. The lowest BCUT2D eigenvalue weighted by atomic mass is 10.1. The maximum absolute atomic E-state index is 8.84. The molecule has 0 saturated carbocycles. The minimum absolute atomic E-state index is 0.0773. The van der Waals surface area contributed by atoms with Gasteiger partial charge in [0, 0.05) is 0 Å². The molecule has 1 aromatic rings. The summed E-state index contributed by atoms with van der Waals surface area (Å²) in [5, 5.41) is 17.9. The van der Waals surface area contributed by atoms with Crippen LogP contribution in [-0.4, -0.2) is 10.1 Å². The quantitative estimate of drug-likeness (QED) is 0.732. The molecule has 0 radical (unpaired) electrons. The highest BCUT2D eigenvalue weighted by atomic mass is 35.5. The van der Waals surface area contributed by atoms with E-state index in [0.29, 0.717) is 16.3 Å². The second-order valence-electron chi connectivity index (χ2n) is 2.43. The predicted molar refractivity (Wildman–Crippen MR) is 49.6 cm³/mol. The number of hydrogen-bond donors (Lipinski definition) is 1. The molecule has 0 aromatic carbocycles. The molecule has 0 amide bonds. The van der Waals surface area contributed by atoms with E-state index in [4.69, 9.17) is 33.6 Å². The van der Waals surface area contributed by atoms with Crippen LogP contribution in [0.4, 0.5) is 0 Å². The first-order chi connectivity index (χ1) is 6.11. The standard InChI is InChI=1S/C8H6Cl2N2O/c1-4-5(2-11)8(10)12-6(3-13)7(4)9/h13H,3H2,1H3. The molecule has 0 aliphatic carbocycles. The fraction of sp³-hybridized carbons (Fsp3) is 0.250.